The topological polar surface area (TPSA) is 143 Å². The number of nitrogens with two attached hydrogens (primary N) is 1. The molecule has 4 rings (SSSR count). The molecule has 3 heterocycles. The Morgan fingerprint density at radius 2 is 1.85 bits per heavy atom. The van der Waals surface area contributed by atoms with Crippen molar-refractivity contribution in [2.75, 3.05) is 33.0 Å². The summed E-state index contributed by atoms with van der Waals surface area (Å²) >= 11 is 0. The molecule has 1 atom stereocenters. The van der Waals surface area contributed by atoms with Gasteiger partial charge in [0.15, 0.2) is 0 Å². The number of allylic oxidation sites excluding steroid dienone is 1. The number of carbonyl (C=O) groups is 1. The number of hydrogen-bond acceptors (Lipinski definition) is 8. The minimum atomic E-state index is -0.319. The van der Waals surface area contributed by atoms with Crippen LogP contribution in [-0.4, -0.2) is 52.9 Å². The minimum Gasteiger partial charge on any atom is -0.497 e. The molecule has 2 aromatic heterocycles. The first-order valence-corrected chi connectivity index (χ1v) is 12.3. The molecule has 1 saturated heterocycles. The second-order valence-corrected chi connectivity index (χ2v) is 10.3. The van der Waals surface area contributed by atoms with E-state index in [0.29, 0.717) is 58.7 Å². The number of nitriles is 2. The number of nitrogens with zero attached hydrogens (tertiary/aromatic N) is 6. The number of anilines is 1. The van der Waals surface area contributed by atoms with Gasteiger partial charge in [0.1, 0.15) is 40.7 Å². The van der Waals surface area contributed by atoms with E-state index in [9.17, 15) is 15.3 Å². The van der Waals surface area contributed by atoms with E-state index in [1.165, 1.54) is 6.20 Å². The SMILES string of the molecule is COc1cc(C#Cc2nn(C3CCN(C(=O)/C(C#N)=C/C(C)(C)C)C3)c3c(C#N)cnc(N)c23)cc(OC)c1. The average Bonchev–Trinajstić information content (AvgIpc) is 3.55. The van der Waals surface area contributed by atoms with Crippen LogP contribution in [0.1, 0.15) is 50.1 Å². The van der Waals surface area contributed by atoms with Crippen molar-refractivity contribution < 1.29 is 14.3 Å². The van der Waals surface area contributed by atoms with Gasteiger partial charge in [-0.25, -0.2) is 4.98 Å². The van der Waals surface area contributed by atoms with Crippen LogP contribution in [0.25, 0.3) is 10.9 Å². The number of fused-ring (bicyclic) bond motifs is 1. The van der Waals surface area contributed by atoms with Crippen LogP contribution in [0.5, 0.6) is 11.5 Å². The molecule has 0 spiro atoms. The number of benzene rings is 1. The second-order valence-electron chi connectivity index (χ2n) is 10.3. The molecule has 0 aliphatic carbocycles. The van der Waals surface area contributed by atoms with Crippen molar-refractivity contribution in [1.82, 2.24) is 19.7 Å². The highest BCUT2D eigenvalue weighted by molar-refractivity contribution is 5.98. The number of ether oxygens (including phenoxy) is 2. The van der Waals surface area contributed by atoms with Gasteiger partial charge in [0.25, 0.3) is 5.91 Å². The molecule has 0 saturated carbocycles. The molecule has 0 radical (unpaired) electrons. The van der Waals surface area contributed by atoms with Gasteiger partial charge in [-0.2, -0.15) is 15.6 Å². The highest BCUT2D eigenvalue weighted by Crippen LogP contribution is 2.32. The first-order chi connectivity index (χ1) is 18.6. The maximum atomic E-state index is 13.1. The first-order valence-electron chi connectivity index (χ1n) is 12.3. The highest BCUT2D eigenvalue weighted by atomic mass is 16.5. The Morgan fingerprint density at radius 1 is 1.15 bits per heavy atom. The number of rotatable bonds is 4. The maximum absolute atomic E-state index is 13.1. The minimum absolute atomic E-state index is 0.111. The van der Waals surface area contributed by atoms with E-state index in [2.05, 4.69) is 22.9 Å². The van der Waals surface area contributed by atoms with Crippen LogP contribution in [0.4, 0.5) is 5.82 Å². The lowest BCUT2D eigenvalue weighted by atomic mass is 9.93. The van der Waals surface area contributed by atoms with Crippen LogP contribution in [0.15, 0.2) is 36.0 Å². The standard InChI is InChI=1S/C29H29N7O3/c1-29(2,3)13-19(14-30)28(37)35-9-8-21(17-35)36-26-20(15-31)16-33-27(32)25(26)24(34-36)7-6-18-10-22(38-4)12-23(11-18)39-5/h10-13,16,21H,8-9,17H2,1-5H3,(H2,32,33)/b19-13+. The molecule has 1 aliphatic rings. The van der Waals surface area contributed by atoms with Crippen LogP contribution < -0.4 is 15.2 Å². The Labute approximate surface area is 227 Å². The number of carbonyl (C=O) groups excluding carboxylic acids is 1. The third kappa shape index (κ3) is 5.63. The lowest BCUT2D eigenvalue weighted by Gasteiger charge is -2.19. The third-order valence-corrected chi connectivity index (χ3v) is 6.28. The molecule has 1 fully saturated rings. The van der Waals surface area contributed by atoms with Crippen molar-refractivity contribution in [3.8, 4) is 35.5 Å². The lowest BCUT2D eigenvalue weighted by molar-refractivity contribution is -0.125. The van der Waals surface area contributed by atoms with Crippen molar-refractivity contribution in [2.45, 2.75) is 33.2 Å². The summed E-state index contributed by atoms with van der Waals surface area (Å²) in [4.78, 5) is 18.9. The predicted octanol–water partition coefficient (Wildman–Crippen LogP) is 3.57. The number of nitrogen functional groups attached to an aromatic ring is 1. The fourth-order valence-corrected chi connectivity index (χ4v) is 4.51. The Balaban J connectivity index is 1.76. The zero-order chi connectivity index (χ0) is 28.3. The van der Waals surface area contributed by atoms with Gasteiger partial charge < -0.3 is 20.1 Å². The van der Waals surface area contributed by atoms with Crippen molar-refractivity contribution >= 4 is 22.6 Å². The van der Waals surface area contributed by atoms with Gasteiger partial charge in [-0.15, -0.1) is 0 Å². The van der Waals surface area contributed by atoms with Gasteiger partial charge in [0.2, 0.25) is 0 Å². The average molecular weight is 524 g/mol. The second kappa shape index (κ2) is 10.8. The van der Waals surface area contributed by atoms with E-state index in [-0.39, 0.29) is 28.8 Å². The van der Waals surface area contributed by atoms with E-state index < -0.39 is 0 Å². The Bertz CT molecular complexity index is 1600. The van der Waals surface area contributed by atoms with Crippen molar-refractivity contribution in [1.29, 1.82) is 10.5 Å². The van der Waals surface area contributed by atoms with Crippen LogP contribution in [0, 0.1) is 39.9 Å². The van der Waals surface area contributed by atoms with Gasteiger partial charge in [0.05, 0.1) is 36.7 Å². The molecule has 0 bridgehead atoms. The van der Waals surface area contributed by atoms with E-state index in [1.807, 2.05) is 26.8 Å². The number of aromatic nitrogens is 3. The third-order valence-electron chi connectivity index (χ3n) is 6.28. The van der Waals surface area contributed by atoms with E-state index in [1.54, 1.807) is 48.1 Å². The molecule has 198 valence electrons. The van der Waals surface area contributed by atoms with Crippen LogP contribution in [0.3, 0.4) is 0 Å². The summed E-state index contributed by atoms with van der Waals surface area (Å²) in [5, 5.41) is 24.7. The van der Waals surface area contributed by atoms with Crippen LogP contribution in [0.2, 0.25) is 0 Å². The molecule has 1 unspecified atom stereocenters. The Hall–Kier alpha value is -5.01. The summed E-state index contributed by atoms with van der Waals surface area (Å²) < 4.78 is 12.4. The summed E-state index contributed by atoms with van der Waals surface area (Å²) in [5.74, 6) is 7.22. The molecule has 10 heteroatoms. The van der Waals surface area contributed by atoms with Gasteiger partial charge >= 0.3 is 0 Å². The molecule has 10 nitrogen and oxygen atoms in total. The molecular formula is C29H29N7O3. The summed E-state index contributed by atoms with van der Waals surface area (Å²) in [6.45, 7) is 6.58. The van der Waals surface area contributed by atoms with Gasteiger partial charge in [-0.3, -0.25) is 9.48 Å². The van der Waals surface area contributed by atoms with Crippen molar-refractivity contribution in [2.24, 2.45) is 5.41 Å². The number of amides is 1. The number of likely N-dealkylation sites (tertiary alicyclic amines) is 1. The predicted molar refractivity (Wildman–Crippen MR) is 146 cm³/mol. The quantitative estimate of drug-likeness (QED) is 0.311. The fourth-order valence-electron chi connectivity index (χ4n) is 4.51. The molecule has 1 aromatic carbocycles. The Morgan fingerprint density at radius 3 is 2.44 bits per heavy atom. The van der Waals surface area contributed by atoms with Crippen LogP contribution >= 0.6 is 0 Å². The molecular weight excluding hydrogens is 494 g/mol. The van der Waals surface area contributed by atoms with Gasteiger partial charge in [0, 0.05) is 30.9 Å². The van der Waals surface area contributed by atoms with Crippen molar-refractivity contribution in [3.63, 3.8) is 0 Å². The Kier molecular flexibility index (Phi) is 7.47. The first kappa shape index (κ1) is 27.0. The number of pyridine rings is 1. The normalized spacial score (nSPS) is 15.3. The molecule has 2 N–H and O–H groups in total. The fraction of sp³-hybridized carbons (Fsp3) is 0.345. The zero-order valence-electron chi connectivity index (χ0n) is 22.6. The highest BCUT2D eigenvalue weighted by Gasteiger charge is 2.32. The summed E-state index contributed by atoms with van der Waals surface area (Å²) in [6, 6.07) is 9.27. The van der Waals surface area contributed by atoms with Gasteiger partial charge in [-0.05, 0) is 29.9 Å². The van der Waals surface area contributed by atoms with Gasteiger partial charge in [-0.1, -0.05) is 32.8 Å². The number of methoxy groups -OCH3 is 2. The number of hydrogen-bond donors (Lipinski definition) is 1. The zero-order valence-corrected chi connectivity index (χ0v) is 22.6. The smallest absolute Gasteiger partial charge is 0.264 e. The molecule has 3 aromatic rings. The largest absolute Gasteiger partial charge is 0.497 e. The summed E-state index contributed by atoms with van der Waals surface area (Å²) in [7, 11) is 3.12. The van der Waals surface area contributed by atoms with E-state index in [4.69, 9.17) is 20.3 Å². The van der Waals surface area contributed by atoms with E-state index >= 15 is 0 Å². The van der Waals surface area contributed by atoms with Crippen molar-refractivity contribution in [3.05, 3.63) is 52.9 Å². The van der Waals surface area contributed by atoms with E-state index in [0.717, 1.165) is 0 Å². The van der Waals surface area contributed by atoms with Crippen LogP contribution in [-0.2, 0) is 4.79 Å². The maximum Gasteiger partial charge on any atom is 0.264 e. The summed E-state index contributed by atoms with van der Waals surface area (Å²) in [5.41, 5.74) is 7.88. The molecule has 39 heavy (non-hydrogen) atoms. The lowest BCUT2D eigenvalue weighted by Crippen LogP contribution is -2.30. The summed E-state index contributed by atoms with van der Waals surface area (Å²) in [6.07, 6.45) is 3.69. The monoisotopic (exact) mass is 523 g/mol. The molecule has 1 aliphatic heterocycles. The molecule has 1 amide bonds.